The third-order valence-corrected chi connectivity index (χ3v) is 4.34. The average molecular weight is 282 g/mol. The lowest BCUT2D eigenvalue weighted by Gasteiger charge is -2.45. The molecule has 0 radical (unpaired) electrons. The smallest absolute Gasteiger partial charge is 0.0637 e. The number of piperazine rings is 1. The topological polar surface area (TPSA) is 18.5 Å². The quantitative estimate of drug-likeness (QED) is 0.916. The van der Waals surface area contributed by atoms with E-state index < -0.39 is 0 Å². The molecular formula is C15H24ClN3. The lowest BCUT2D eigenvalue weighted by atomic mass is 10.00. The fourth-order valence-corrected chi connectivity index (χ4v) is 2.69. The molecule has 3 nitrogen and oxygen atoms in total. The van der Waals surface area contributed by atoms with Crippen molar-refractivity contribution in [2.24, 2.45) is 0 Å². The second kappa shape index (κ2) is 6.12. The van der Waals surface area contributed by atoms with Crippen LogP contribution in [0.25, 0.3) is 0 Å². The summed E-state index contributed by atoms with van der Waals surface area (Å²) < 4.78 is 0. The van der Waals surface area contributed by atoms with Crippen molar-refractivity contribution >= 4 is 17.3 Å². The predicted octanol–water partition coefficient (Wildman–Crippen LogP) is 2.78. The van der Waals surface area contributed by atoms with Gasteiger partial charge in [0.15, 0.2) is 0 Å². The van der Waals surface area contributed by atoms with Gasteiger partial charge < -0.3 is 5.32 Å². The maximum absolute atomic E-state index is 6.13. The third-order valence-electron chi connectivity index (χ3n) is 4.01. The van der Waals surface area contributed by atoms with Gasteiger partial charge >= 0.3 is 0 Å². The average Bonchev–Trinajstić information content (AvgIpc) is 2.36. The molecule has 1 N–H and O–H groups in total. The molecule has 1 fully saturated rings. The molecule has 0 saturated carbocycles. The van der Waals surface area contributed by atoms with Crippen molar-refractivity contribution in [2.75, 3.05) is 45.1 Å². The van der Waals surface area contributed by atoms with Crippen LogP contribution in [0, 0.1) is 0 Å². The summed E-state index contributed by atoms with van der Waals surface area (Å²) in [5.41, 5.74) is 1.29. The van der Waals surface area contributed by atoms with Gasteiger partial charge in [0.2, 0.25) is 0 Å². The molecular weight excluding hydrogens is 258 g/mol. The Morgan fingerprint density at radius 1 is 1.26 bits per heavy atom. The van der Waals surface area contributed by atoms with Gasteiger partial charge in [-0.3, -0.25) is 9.80 Å². The first kappa shape index (κ1) is 14.6. The third kappa shape index (κ3) is 3.85. The van der Waals surface area contributed by atoms with Crippen molar-refractivity contribution in [3.05, 3.63) is 29.3 Å². The molecule has 106 valence electrons. The summed E-state index contributed by atoms with van der Waals surface area (Å²) in [6.45, 7) is 10.0. The number of benzene rings is 1. The Kier molecular flexibility index (Phi) is 4.71. The fraction of sp³-hybridized carbons (Fsp3) is 0.600. The van der Waals surface area contributed by atoms with Crippen LogP contribution in [0.1, 0.15) is 13.8 Å². The second-order valence-corrected chi connectivity index (χ2v) is 6.32. The number of anilines is 1. The molecule has 0 unspecified atom stereocenters. The van der Waals surface area contributed by atoms with E-state index >= 15 is 0 Å². The van der Waals surface area contributed by atoms with Gasteiger partial charge in [-0.15, -0.1) is 0 Å². The van der Waals surface area contributed by atoms with Crippen LogP contribution in [0.5, 0.6) is 0 Å². The van der Waals surface area contributed by atoms with Crippen LogP contribution in [0.3, 0.4) is 0 Å². The summed E-state index contributed by atoms with van der Waals surface area (Å²) in [6.07, 6.45) is 0. The number of halogens is 1. The van der Waals surface area contributed by atoms with Gasteiger partial charge in [-0.05, 0) is 33.0 Å². The first-order valence-corrected chi connectivity index (χ1v) is 7.29. The largest absolute Gasteiger partial charge is 0.383 e. The number of nitrogens with zero attached hydrogens (tertiary/aromatic N) is 2. The molecule has 1 aliphatic rings. The van der Waals surface area contributed by atoms with Crippen molar-refractivity contribution in [3.63, 3.8) is 0 Å². The Hall–Kier alpha value is -0.770. The van der Waals surface area contributed by atoms with E-state index in [2.05, 4.69) is 36.0 Å². The molecule has 0 aromatic heterocycles. The highest BCUT2D eigenvalue weighted by Crippen LogP contribution is 2.21. The van der Waals surface area contributed by atoms with E-state index in [0.29, 0.717) is 0 Å². The molecule has 1 aromatic carbocycles. The van der Waals surface area contributed by atoms with Gasteiger partial charge in [0.25, 0.3) is 0 Å². The van der Waals surface area contributed by atoms with Crippen LogP contribution in [0.2, 0.25) is 5.02 Å². The molecule has 1 aliphatic heterocycles. The summed E-state index contributed by atoms with van der Waals surface area (Å²) in [7, 11) is 2.21. The maximum atomic E-state index is 6.13. The molecule has 1 aromatic rings. The summed E-state index contributed by atoms with van der Waals surface area (Å²) >= 11 is 6.13. The minimum atomic E-state index is 0.267. The number of para-hydroxylation sites is 1. The Bertz CT molecular complexity index is 420. The standard InChI is InChI=1S/C15H24ClN3/c1-15(2)12-19(11-10-18(15)3)9-8-17-14-7-5-4-6-13(14)16/h4-7,17H,8-12H2,1-3H3. The molecule has 0 atom stereocenters. The highest BCUT2D eigenvalue weighted by Gasteiger charge is 2.30. The van der Waals surface area contributed by atoms with Crippen molar-refractivity contribution in [1.29, 1.82) is 0 Å². The van der Waals surface area contributed by atoms with Crippen LogP contribution < -0.4 is 5.32 Å². The van der Waals surface area contributed by atoms with Crippen molar-refractivity contribution in [2.45, 2.75) is 19.4 Å². The van der Waals surface area contributed by atoms with Crippen LogP contribution in [0.4, 0.5) is 5.69 Å². The van der Waals surface area contributed by atoms with Gasteiger partial charge in [-0.25, -0.2) is 0 Å². The van der Waals surface area contributed by atoms with Gasteiger partial charge in [0.1, 0.15) is 0 Å². The highest BCUT2D eigenvalue weighted by atomic mass is 35.5. The first-order chi connectivity index (χ1) is 8.99. The van der Waals surface area contributed by atoms with Crippen molar-refractivity contribution in [3.8, 4) is 0 Å². The van der Waals surface area contributed by atoms with Crippen molar-refractivity contribution < 1.29 is 0 Å². The minimum absolute atomic E-state index is 0.267. The van der Waals surface area contributed by atoms with Crippen LogP contribution >= 0.6 is 11.6 Å². The lowest BCUT2D eigenvalue weighted by molar-refractivity contribution is 0.0423. The summed E-state index contributed by atoms with van der Waals surface area (Å²) in [5, 5.41) is 4.20. The molecule has 19 heavy (non-hydrogen) atoms. The Morgan fingerprint density at radius 3 is 2.68 bits per heavy atom. The minimum Gasteiger partial charge on any atom is -0.383 e. The zero-order chi connectivity index (χ0) is 13.9. The van der Waals surface area contributed by atoms with E-state index in [4.69, 9.17) is 11.6 Å². The number of hydrogen-bond acceptors (Lipinski definition) is 3. The van der Waals surface area contributed by atoms with E-state index in [9.17, 15) is 0 Å². The normalized spacial score (nSPS) is 20.4. The molecule has 1 heterocycles. The highest BCUT2D eigenvalue weighted by molar-refractivity contribution is 6.33. The maximum Gasteiger partial charge on any atom is 0.0637 e. The van der Waals surface area contributed by atoms with E-state index in [1.165, 1.54) is 0 Å². The number of likely N-dealkylation sites (N-methyl/N-ethyl adjacent to an activating group) is 1. The summed E-state index contributed by atoms with van der Waals surface area (Å²) in [6, 6.07) is 7.91. The van der Waals surface area contributed by atoms with Crippen LogP contribution in [-0.4, -0.2) is 55.1 Å². The molecule has 2 rings (SSSR count). The zero-order valence-electron chi connectivity index (χ0n) is 12.1. The molecule has 4 heteroatoms. The number of nitrogens with one attached hydrogen (secondary N) is 1. The molecule has 1 saturated heterocycles. The molecule has 0 bridgehead atoms. The lowest BCUT2D eigenvalue weighted by Crippen LogP contribution is -2.58. The second-order valence-electron chi connectivity index (χ2n) is 5.92. The van der Waals surface area contributed by atoms with E-state index in [-0.39, 0.29) is 5.54 Å². The molecule has 0 aliphatic carbocycles. The predicted molar refractivity (Wildman–Crippen MR) is 83.1 cm³/mol. The SMILES string of the molecule is CN1CCN(CCNc2ccccc2Cl)CC1(C)C. The van der Waals surface area contributed by atoms with E-state index in [0.717, 1.165) is 43.4 Å². The van der Waals surface area contributed by atoms with Gasteiger partial charge in [-0.2, -0.15) is 0 Å². The fourth-order valence-electron chi connectivity index (χ4n) is 2.49. The first-order valence-electron chi connectivity index (χ1n) is 6.91. The van der Waals surface area contributed by atoms with Gasteiger partial charge in [-0.1, -0.05) is 23.7 Å². The number of rotatable bonds is 4. The van der Waals surface area contributed by atoms with Gasteiger partial charge in [0, 0.05) is 38.3 Å². The number of hydrogen-bond donors (Lipinski definition) is 1. The van der Waals surface area contributed by atoms with E-state index in [1.807, 2.05) is 24.3 Å². The van der Waals surface area contributed by atoms with E-state index in [1.54, 1.807) is 0 Å². The Labute approximate surface area is 121 Å². The Balaban J connectivity index is 1.79. The van der Waals surface area contributed by atoms with Gasteiger partial charge in [0.05, 0.1) is 10.7 Å². The monoisotopic (exact) mass is 281 g/mol. The Morgan fingerprint density at radius 2 is 2.00 bits per heavy atom. The summed E-state index contributed by atoms with van der Waals surface area (Å²) in [5.74, 6) is 0. The van der Waals surface area contributed by atoms with Crippen LogP contribution in [-0.2, 0) is 0 Å². The summed E-state index contributed by atoms with van der Waals surface area (Å²) in [4.78, 5) is 4.95. The van der Waals surface area contributed by atoms with Crippen molar-refractivity contribution in [1.82, 2.24) is 9.80 Å². The van der Waals surface area contributed by atoms with Crippen LogP contribution in [0.15, 0.2) is 24.3 Å². The zero-order valence-corrected chi connectivity index (χ0v) is 12.9. The molecule has 0 amide bonds. The molecule has 0 spiro atoms.